The zero-order chi connectivity index (χ0) is 12.4. The van der Waals surface area contributed by atoms with Crippen LogP contribution in [0.2, 0.25) is 0 Å². The number of amides is 1. The van der Waals surface area contributed by atoms with E-state index in [0.717, 1.165) is 17.3 Å². The van der Waals surface area contributed by atoms with Gasteiger partial charge in [0.2, 0.25) is 0 Å². The Morgan fingerprint density at radius 1 is 1.65 bits per heavy atom. The third-order valence-corrected chi connectivity index (χ3v) is 3.95. The number of nitrogens with zero attached hydrogens (tertiary/aromatic N) is 1. The Kier molecular flexibility index (Phi) is 3.79. The van der Waals surface area contributed by atoms with Crippen molar-refractivity contribution in [1.82, 2.24) is 10.3 Å². The highest BCUT2D eigenvalue weighted by Gasteiger charge is 2.24. The predicted molar refractivity (Wildman–Crippen MR) is 69.0 cm³/mol. The van der Waals surface area contributed by atoms with Gasteiger partial charge in [0.15, 0.2) is 0 Å². The largest absolute Gasteiger partial charge is 0.348 e. The molecule has 1 fully saturated rings. The number of nitrogens with two attached hydrogens (primary N) is 1. The lowest BCUT2D eigenvalue weighted by Crippen LogP contribution is -2.33. The number of hydrogen-bond acceptors (Lipinski definition) is 4. The molecule has 0 aliphatic heterocycles. The summed E-state index contributed by atoms with van der Waals surface area (Å²) in [4.78, 5) is 16.1. The first-order valence-corrected chi connectivity index (χ1v) is 6.96. The molecule has 94 valence electrons. The number of thiazole rings is 1. The first-order valence-electron chi connectivity index (χ1n) is 6.08. The summed E-state index contributed by atoms with van der Waals surface area (Å²) >= 11 is 1.44. The van der Waals surface area contributed by atoms with E-state index in [2.05, 4.69) is 17.2 Å². The van der Waals surface area contributed by atoms with E-state index in [4.69, 9.17) is 5.73 Å². The fourth-order valence-corrected chi connectivity index (χ4v) is 2.57. The van der Waals surface area contributed by atoms with Crippen molar-refractivity contribution in [3.8, 4) is 0 Å². The van der Waals surface area contributed by atoms with Crippen molar-refractivity contribution >= 4 is 17.2 Å². The van der Waals surface area contributed by atoms with Crippen molar-refractivity contribution in [3.05, 3.63) is 16.1 Å². The average Bonchev–Trinajstić information content (AvgIpc) is 2.92. The van der Waals surface area contributed by atoms with Crippen LogP contribution >= 0.6 is 11.3 Å². The molecule has 3 N–H and O–H groups in total. The summed E-state index contributed by atoms with van der Waals surface area (Å²) in [7, 11) is 0. The Balaban J connectivity index is 1.88. The van der Waals surface area contributed by atoms with E-state index in [1.165, 1.54) is 24.2 Å². The molecule has 2 unspecified atom stereocenters. The van der Waals surface area contributed by atoms with Crippen LogP contribution in [0.25, 0.3) is 0 Å². The maximum absolute atomic E-state index is 11.9. The van der Waals surface area contributed by atoms with E-state index in [-0.39, 0.29) is 18.0 Å². The summed E-state index contributed by atoms with van der Waals surface area (Å²) < 4.78 is 0. The number of nitrogens with one attached hydrogen (secondary N) is 1. The number of carbonyl (C=O) groups is 1. The molecule has 1 aromatic rings. The van der Waals surface area contributed by atoms with Crippen LogP contribution in [0.1, 0.15) is 54.6 Å². The molecule has 1 amide bonds. The van der Waals surface area contributed by atoms with Gasteiger partial charge in [-0.15, -0.1) is 11.3 Å². The molecule has 5 heteroatoms. The van der Waals surface area contributed by atoms with Crippen LogP contribution in [-0.4, -0.2) is 16.9 Å². The van der Waals surface area contributed by atoms with Gasteiger partial charge < -0.3 is 11.1 Å². The third kappa shape index (κ3) is 3.51. The number of carbonyl (C=O) groups excluding carboxylic acids is 1. The first-order chi connectivity index (χ1) is 8.06. The van der Waals surface area contributed by atoms with Crippen LogP contribution < -0.4 is 11.1 Å². The van der Waals surface area contributed by atoms with Gasteiger partial charge in [0.1, 0.15) is 10.7 Å². The van der Waals surface area contributed by atoms with Gasteiger partial charge in [-0.05, 0) is 26.2 Å². The van der Waals surface area contributed by atoms with Crippen molar-refractivity contribution < 1.29 is 4.79 Å². The summed E-state index contributed by atoms with van der Waals surface area (Å²) in [5.41, 5.74) is 6.21. The van der Waals surface area contributed by atoms with Gasteiger partial charge in [-0.2, -0.15) is 0 Å². The van der Waals surface area contributed by atoms with Gasteiger partial charge in [0, 0.05) is 11.4 Å². The smallest absolute Gasteiger partial charge is 0.270 e. The molecule has 1 heterocycles. The molecule has 0 radical (unpaired) electrons. The molecule has 0 bridgehead atoms. The maximum Gasteiger partial charge on any atom is 0.270 e. The Hall–Kier alpha value is -0.940. The molecule has 0 saturated heterocycles. The van der Waals surface area contributed by atoms with E-state index < -0.39 is 0 Å². The summed E-state index contributed by atoms with van der Waals surface area (Å²) in [6, 6.07) is 0.126. The van der Waals surface area contributed by atoms with Crippen LogP contribution in [-0.2, 0) is 0 Å². The van der Waals surface area contributed by atoms with Gasteiger partial charge in [-0.3, -0.25) is 4.79 Å². The third-order valence-electron chi connectivity index (χ3n) is 2.91. The van der Waals surface area contributed by atoms with Crippen LogP contribution in [0.3, 0.4) is 0 Å². The lowest BCUT2D eigenvalue weighted by atomic mass is 10.1. The average molecular weight is 253 g/mol. The van der Waals surface area contributed by atoms with Crippen LogP contribution in [0, 0.1) is 5.92 Å². The van der Waals surface area contributed by atoms with E-state index >= 15 is 0 Å². The minimum atomic E-state index is -0.106. The molecule has 17 heavy (non-hydrogen) atoms. The molecule has 0 aromatic carbocycles. The van der Waals surface area contributed by atoms with Crippen LogP contribution in [0.15, 0.2) is 5.38 Å². The normalized spacial score (nSPS) is 18.8. The number of rotatable bonds is 5. The predicted octanol–water partition coefficient (Wildman–Crippen LogP) is 2.08. The van der Waals surface area contributed by atoms with Gasteiger partial charge in [-0.25, -0.2) is 4.98 Å². The Morgan fingerprint density at radius 2 is 2.35 bits per heavy atom. The molecule has 2 atom stereocenters. The zero-order valence-electron chi connectivity index (χ0n) is 10.3. The topological polar surface area (TPSA) is 68.0 Å². The fourth-order valence-electron chi connectivity index (χ4n) is 1.81. The summed E-state index contributed by atoms with van der Waals surface area (Å²) in [5, 5.41) is 5.57. The minimum Gasteiger partial charge on any atom is -0.348 e. The van der Waals surface area contributed by atoms with Gasteiger partial charge in [0.05, 0.1) is 6.04 Å². The lowest BCUT2D eigenvalue weighted by Gasteiger charge is -2.11. The molecule has 1 saturated carbocycles. The number of aromatic nitrogens is 1. The van der Waals surface area contributed by atoms with Crippen molar-refractivity contribution in [3.63, 3.8) is 0 Å². The second-order valence-corrected chi connectivity index (χ2v) is 5.80. The molecule has 4 nitrogen and oxygen atoms in total. The first kappa shape index (κ1) is 12.5. The zero-order valence-corrected chi connectivity index (χ0v) is 11.1. The van der Waals surface area contributed by atoms with E-state index in [1.807, 2.05) is 6.92 Å². The fraction of sp³-hybridized carbons (Fsp3) is 0.667. The maximum atomic E-state index is 11.9. The molecule has 1 aliphatic rings. The van der Waals surface area contributed by atoms with Crippen molar-refractivity contribution in [2.45, 2.75) is 45.2 Å². The highest BCUT2D eigenvalue weighted by atomic mass is 32.1. The molecule has 1 aliphatic carbocycles. The van der Waals surface area contributed by atoms with Crippen LogP contribution in [0.5, 0.6) is 0 Å². The standard InChI is InChI=1S/C12H19N3OS/c1-7(5-9-3-4-9)14-11(16)10-6-17-12(15-10)8(2)13/h6-9H,3-5,13H2,1-2H3,(H,14,16). The van der Waals surface area contributed by atoms with Crippen molar-refractivity contribution in [1.29, 1.82) is 0 Å². The van der Waals surface area contributed by atoms with Crippen molar-refractivity contribution in [2.24, 2.45) is 11.7 Å². The Labute approximate surface area is 106 Å². The van der Waals surface area contributed by atoms with Gasteiger partial charge >= 0.3 is 0 Å². The summed E-state index contributed by atoms with van der Waals surface area (Å²) in [6.07, 6.45) is 3.70. The lowest BCUT2D eigenvalue weighted by molar-refractivity contribution is 0.0933. The van der Waals surface area contributed by atoms with Crippen LogP contribution in [0.4, 0.5) is 0 Å². The Bertz CT molecular complexity index is 398. The molecular formula is C12H19N3OS. The second kappa shape index (κ2) is 5.14. The highest BCUT2D eigenvalue weighted by molar-refractivity contribution is 7.09. The number of hydrogen-bond donors (Lipinski definition) is 2. The van der Waals surface area contributed by atoms with E-state index in [0.29, 0.717) is 5.69 Å². The summed E-state index contributed by atoms with van der Waals surface area (Å²) in [6.45, 7) is 3.92. The molecule has 0 spiro atoms. The van der Waals surface area contributed by atoms with E-state index in [9.17, 15) is 4.79 Å². The monoisotopic (exact) mass is 253 g/mol. The van der Waals surface area contributed by atoms with Crippen molar-refractivity contribution in [2.75, 3.05) is 0 Å². The minimum absolute atomic E-state index is 0.0821. The Morgan fingerprint density at radius 3 is 2.88 bits per heavy atom. The highest BCUT2D eigenvalue weighted by Crippen LogP contribution is 2.33. The molecule has 1 aromatic heterocycles. The quantitative estimate of drug-likeness (QED) is 0.844. The van der Waals surface area contributed by atoms with Gasteiger partial charge in [-0.1, -0.05) is 12.8 Å². The van der Waals surface area contributed by atoms with E-state index in [1.54, 1.807) is 5.38 Å². The SMILES string of the molecule is CC(CC1CC1)NC(=O)c1csc(C(C)N)n1. The second-order valence-electron chi connectivity index (χ2n) is 4.91. The van der Waals surface area contributed by atoms with Gasteiger partial charge in [0.25, 0.3) is 5.91 Å². The molecular weight excluding hydrogens is 234 g/mol. The summed E-state index contributed by atoms with van der Waals surface area (Å²) in [5.74, 6) is 0.738. The molecule has 2 rings (SSSR count).